The molecular weight excluding hydrogens is 413 g/mol. The van der Waals surface area contributed by atoms with Crippen LogP contribution in [0.4, 0.5) is 4.39 Å². The molecule has 0 radical (unpaired) electrons. The minimum atomic E-state index is -1.87. The summed E-state index contributed by atoms with van der Waals surface area (Å²) in [5, 5.41) is 11.0. The number of nitrogens with two attached hydrogens (primary N) is 1. The predicted molar refractivity (Wildman–Crippen MR) is 115 cm³/mol. The minimum Gasteiger partial charge on any atom is -0.458 e. The number of ether oxygens (including phenoxy) is 1. The molecule has 1 unspecified atom stereocenters. The van der Waals surface area contributed by atoms with E-state index in [1.807, 2.05) is 6.92 Å². The van der Waals surface area contributed by atoms with Gasteiger partial charge in [0.25, 0.3) is 5.56 Å². The number of carbonyl (C=O) groups is 1. The third-order valence-electron chi connectivity index (χ3n) is 7.75. The van der Waals surface area contributed by atoms with Crippen LogP contribution < -0.4 is 11.3 Å². The van der Waals surface area contributed by atoms with Crippen LogP contribution in [0.2, 0.25) is 0 Å². The van der Waals surface area contributed by atoms with Gasteiger partial charge in [0.1, 0.15) is 12.4 Å². The topological polar surface area (TPSA) is 107 Å². The number of aliphatic hydroxyl groups is 1. The molecule has 0 fully saturated rings. The molecule has 0 amide bonds. The van der Waals surface area contributed by atoms with Crippen molar-refractivity contribution in [3.8, 4) is 0 Å². The molecule has 5 aliphatic rings. The molecule has 1 aromatic rings. The Morgan fingerprint density at radius 1 is 1.34 bits per heavy atom. The van der Waals surface area contributed by atoms with E-state index in [0.717, 1.165) is 28.7 Å². The van der Waals surface area contributed by atoms with Crippen molar-refractivity contribution in [2.24, 2.45) is 10.7 Å². The predicted octanol–water partition coefficient (Wildman–Crippen LogP) is 2.05. The van der Waals surface area contributed by atoms with Gasteiger partial charge in [-0.05, 0) is 54.5 Å². The monoisotopic (exact) mass is 437 g/mol. The molecule has 7 nitrogen and oxygen atoms in total. The van der Waals surface area contributed by atoms with E-state index in [-0.39, 0.29) is 54.0 Å². The zero-order chi connectivity index (χ0) is 22.5. The summed E-state index contributed by atoms with van der Waals surface area (Å²) in [5.41, 5.74) is 10.7. The molecule has 8 heteroatoms. The first kappa shape index (κ1) is 19.8. The second-order valence-electron chi connectivity index (χ2n) is 9.26. The second-order valence-corrected chi connectivity index (χ2v) is 9.26. The maximum atomic E-state index is 14.7. The number of fused-ring (bicyclic) bond motifs is 4. The highest BCUT2D eigenvalue weighted by Gasteiger charge is 2.47. The van der Waals surface area contributed by atoms with Crippen LogP contribution in [-0.2, 0) is 28.3 Å². The van der Waals surface area contributed by atoms with Crippen LogP contribution in [0.1, 0.15) is 56.4 Å². The van der Waals surface area contributed by atoms with E-state index in [9.17, 15) is 19.1 Å². The van der Waals surface area contributed by atoms with E-state index in [1.54, 1.807) is 17.6 Å². The number of pyridine rings is 1. The highest BCUT2D eigenvalue weighted by Crippen LogP contribution is 2.48. The summed E-state index contributed by atoms with van der Waals surface area (Å²) >= 11 is 0. The van der Waals surface area contributed by atoms with E-state index in [2.05, 4.69) is 0 Å². The highest BCUT2D eigenvalue weighted by molar-refractivity contribution is 6.16. The van der Waals surface area contributed by atoms with Gasteiger partial charge in [0.2, 0.25) is 0 Å². The van der Waals surface area contributed by atoms with Crippen LogP contribution in [0, 0.1) is 0 Å². The summed E-state index contributed by atoms with van der Waals surface area (Å²) in [6.45, 7) is 3.64. The third-order valence-corrected chi connectivity index (χ3v) is 7.75. The molecule has 0 aromatic carbocycles. The van der Waals surface area contributed by atoms with E-state index in [1.165, 1.54) is 0 Å². The van der Waals surface area contributed by atoms with E-state index >= 15 is 0 Å². The Hall–Kier alpha value is -2.84. The molecule has 0 saturated heterocycles. The SMILES string of the molecule is CC[C@@]1(O)C(=O)OCc2c1cc1n(c2=O)CC2=C3C4=C(CC[C@@H]3N)C(C)=C(F)CC4N=C21. The van der Waals surface area contributed by atoms with Crippen molar-refractivity contribution in [1.82, 2.24) is 4.57 Å². The van der Waals surface area contributed by atoms with Gasteiger partial charge in [-0.2, -0.15) is 0 Å². The largest absolute Gasteiger partial charge is 0.458 e. The number of nitrogens with zero attached hydrogens (tertiary/aromatic N) is 2. The number of cyclic esters (lactones) is 1. The summed E-state index contributed by atoms with van der Waals surface area (Å²) in [7, 11) is 0. The first-order valence-electron chi connectivity index (χ1n) is 11.1. The lowest BCUT2D eigenvalue weighted by atomic mass is 9.71. The Kier molecular flexibility index (Phi) is 3.94. The van der Waals surface area contributed by atoms with Gasteiger partial charge in [0.05, 0.1) is 29.6 Å². The van der Waals surface area contributed by atoms with Gasteiger partial charge < -0.3 is 20.1 Å². The number of dihydropyridines is 1. The summed E-state index contributed by atoms with van der Waals surface area (Å²) in [5.74, 6) is -0.904. The lowest BCUT2D eigenvalue weighted by Crippen LogP contribution is -2.44. The number of aliphatic imine (C=N–C) groups is 1. The Morgan fingerprint density at radius 3 is 2.88 bits per heavy atom. The Bertz CT molecular complexity index is 1310. The summed E-state index contributed by atoms with van der Waals surface area (Å²) < 4.78 is 21.5. The van der Waals surface area contributed by atoms with Crippen LogP contribution in [0.3, 0.4) is 0 Å². The molecule has 166 valence electrons. The lowest BCUT2D eigenvalue weighted by Gasteiger charge is -2.38. The van der Waals surface area contributed by atoms with E-state index in [0.29, 0.717) is 29.9 Å². The smallest absolute Gasteiger partial charge is 0.343 e. The van der Waals surface area contributed by atoms with Crippen molar-refractivity contribution in [2.45, 2.75) is 70.4 Å². The number of allylic oxidation sites excluding steroid dienone is 3. The average Bonchev–Trinajstić information content (AvgIpc) is 3.14. The second kappa shape index (κ2) is 6.36. The van der Waals surface area contributed by atoms with Crippen LogP contribution >= 0.6 is 0 Å². The summed E-state index contributed by atoms with van der Waals surface area (Å²) in [4.78, 5) is 30.7. The molecule has 0 bridgehead atoms. The van der Waals surface area contributed by atoms with Crippen LogP contribution in [-0.4, -0.2) is 33.4 Å². The molecule has 3 aliphatic heterocycles. The maximum Gasteiger partial charge on any atom is 0.343 e. The molecular formula is C24H24FN3O4. The van der Waals surface area contributed by atoms with Crippen molar-refractivity contribution in [1.29, 1.82) is 0 Å². The molecule has 3 atom stereocenters. The molecule has 32 heavy (non-hydrogen) atoms. The fraction of sp³-hybridized carbons (Fsp3) is 0.458. The van der Waals surface area contributed by atoms with Crippen LogP contribution in [0.25, 0.3) is 0 Å². The maximum absolute atomic E-state index is 14.7. The number of aromatic nitrogens is 1. The van der Waals surface area contributed by atoms with Gasteiger partial charge in [-0.3, -0.25) is 9.79 Å². The number of hydrogen-bond donors (Lipinski definition) is 2. The van der Waals surface area contributed by atoms with Gasteiger partial charge in [0, 0.05) is 23.6 Å². The average molecular weight is 437 g/mol. The highest BCUT2D eigenvalue weighted by atomic mass is 19.1. The number of rotatable bonds is 1. The number of carbonyl (C=O) groups excluding carboxylic acids is 1. The molecule has 3 N–H and O–H groups in total. The number of hydrogen-bond acceptors (Lipinski definition) is 6. The van der Waals surface area contributed by atoms with Gasteiger partial charge in [-0.15, -0.1) is 0 Å². The Balaban J connectivity index is 1.62. The molecule has 0 spiro atoms. The Labute approximate surface area is 183 Å². The first-order valence-corrected chi connectivity index (χ1v) is 11.1. The van der Waals surface area contributed by atoms with Crippen molar-refractivity contribution in [2.75, 3.05) is 0 Å². The third kappa shape index (κ3) is 2.29. The van der Waals surface area contributed by atoms with Gasteiger partial charge in [0.15, 0.2) is 5.60 Å². The van der Waals surface area contributed by atoms with Gasteiger partial charge >= 0.3 is 5.97 Å². The quantitative estimate of drug-likeness (QED) is 0.654. The fourth-order valence-electron chi connectivity index (χ4n) is 5.95. The molecule has 1 aromatic heterocycles. The summed E-state index contributed by atoms with van der Waals surface area (Å²) in [6.07, 6.45) is 1.69. The van der Waals surface area contributed by atoms with Crippen molar-refractivity contribution in [3.05, 3.63) is 66.9 Å². The molecule has 6 rings (SSSR count). The molecule has 2 aliphatic carbocycles. The van der Waals surface area contributed by atoms with E-state index in [4.69, 9.17) is 15.5 Å². The number of esters is 1. The summed E-state index contributed by atoms with van der Waals surface area (Å²) in [6, 6.07) is 1.11. The minimum absolute atomic E-state index is 0.0845. The zero-order valence-electron chi connectivity index (χ0n) is 18.0. The first-order chi connectivity index (χ1) is 15.3. The fourth-order valence-corrected chi connectivity index (χ4v) is 5.95. The number of halogens is 1. The molecule has 0 saturated carbocycles. The Morgan fingerprint density at radius 2 is 2.12 bits per heavy atom. The van der Waals surface area contributed by atoms with Crippen molar-refractivity contribution < 1.29 is 19.0 Å². The normalized spacial score (nSPS) is 30.5. The van der Waals surface area contributed by atoms with Gasteiger partial charge in [-0.25, -0.2) is 9.18 Å². The van der Waals surface area contributed by atoms with Gasteiger partial charge in [-0.1, -0.05) is 6.92 Å². The zero-order valence-corrected chi connectivity index (χ0v) is 18.0. The van der Waals surface area contributed by atoms with E-state index < -0.39 is 11.6 Å². The van der Waals surface area contributed by atoms with Crippen molar-refractivity contribution in [3.63, 3.8) is 0 Å². The van der Waals surface area contributed by atoms with Crippen LogP contribution in [0.5, 0.6) is 0 Å². The standard InChI is InChI=1S/C24H24FN3O4/c1-3-24(31)14-6-18-21-12(8-28(18)22(29)13(14)9-32-23(24)30)19-16(26)5-4-11-10(2)15(25)7-17(27-21)20(11)19/h6,16-17,31H,3-5,7-9,26H2,1-2H3/t16-,17?,24-/m0/s1. The lowest BCUT2D eigenvalue weighted by molar-refractivity contribution is -0.172. The molecule has 4 heterocycles. The van der Waals surface area contributed by atoms with Crippen LogP contribution in [0.15, 0.2) is 49.5 Å². The van der Waals surface area contributed by atoms with Crippen molar-refractivity contribution >= 4 is 11.7 Å².